The monoisotopic (exact) mass is 788 g/mol. The van der Waals surface area contributed by atoms with Crippen LogP contribution in [0.5, 0.6) is 6.01 Å². The number of hydrogen-bond acceptors (Lipinski definition) is 9. The number of anilines is 2. The van der Waals surface area contributed by atoms with Gasteiger partial charge in [0.25, 0.3) is 12.0 Å². The van der Waals surface area contributed by atoms with E-state index in [9.17, 15) is 26.7 Å². The highest BCUT2D eigenvalue weighted by atomic mass is 35.5. The number of halogens is 8. The molecule has 0 saturated carbocycles. The number of hydrogen-bond donors (Lipinski definition) is 1. The minimum Gasteiger partial charge on any atom is -0.461 e. The highest BCUT2D eigenvalue weighted by Crippen LogP contribution is 2.47. The van der Waals surface area contributed by atoms with Crippen molar-refractivity contribution in [3.8, 4) is 6.01 Å². The van der Waals surface area contributed by atoms with Crippen molar-refractivity contribution in [3.05, 3.63) is 67.4 Å². The number of aryl methyl sites for hydroxylation is 1. The number of aromatic nitrogens is 4. The van der Waals surface area contributed by atoms with Crippen molar-refractivity contribution in [2.45, 2.75) is 76.5 Å². The van der Waals surface area contributed by atoms with E-state index in [0.29, 0.717) is 62.2 Å². The molecule has 53 heavy (non-hydrogen) atoms. The van der Waals surface area contributed by atoms with Crippen LogP contribution in [-0.2, 0) is 37.0 Å². The van der Waals surface area contributed by atoms with Gasteiger partial charge in [0.1, 0.15) is 12.4 Å². The molecule has 2 N–H and O–H groups in total. The predicted octanol–water partition coefficient (Wildman–Crippen LogP) is 6.80. The largest absolute Gasteiger partial charge is 0.461 e. The zero-order valence-corrected chi connectivity index (χ0v) is 30.3. The lowest BCUT2D eigenvalue weighted by molar-refractivity contribution is -0.140. The maximum Gasteiger partial charge on any atom is 0.418 e. The maximum absolute atomic E-state index is 15.5. The van der Waals surface area contributed by atoms with Gasteiger partial charge in [0.05, 0.1) is 57.5 Å². The van der Waals surface area contributed by atoms with Crippen LogP contribution in [0.25, 0.3) is 0 Å². The third-order valence-electron chi connectivity index (χ3n) is 10.6. The van der Waals surface area contributed by atoms with Crippen LogP contribution < -0.4 is 15.4 Å². The molecule has 2 fully saturated rings. The molecule has 11 nitrogen and oxygen atoms in total. The van der Waals surface area contributed by atoms with Crippen molar-refractivity contribution in [2.75, 3.05) is 50.5 Å². The van der Waals surface area contributed by atoms with Gasteiger partial charge in [0, 0.05) is 56.3 Å². The number of nitrogens with two attached hydrogens (primary N) is 1. The van der Waals surface area contributed by atoms with Crippen molar-refractivity contribution in [3.63, 3.8) is 0 Å². The number of carbonyl (C=O) groups excluding carboxylic acids is 1. The average Bonchev–Trinajstić information content (AvgIpc) is 3.71. The lowest BCUT2D eigenvalue weighted by Crippen LogP contribution is -2.43. The Morgan fingerprint density at radius 2 is 1.94 bits per heavy atom. The van der Waals surface area contributed by atoms with Gasteiger partial charge in [-0.2, -0.15) is 37.0 Å². The number of rotatable bonds is 7. The molecule has 0 aliphatic carbocycles. The molecule has 0 bridgehead atoms. The van der Waals surface area contributed by atoms with Crippen LogP contribution in [0.15, 0.2) is 17.7 Å². The first-order chi connectivity index (χ1) is 25.1. The second-order valence-electron chi connectivity index (χ2n) is 13.8. The summed E-state index contributed by atoms with van der Waals surface area (Å²) in [7, 11) is 1.64. The summed E-state index contributed by atoms with van der Waals surface area (Å²) in [5.74, 6) is -1.32. The molecule has 2 saturated heterocycles. The SMILES string of the molecule is CCN(C)C(=O)c1nn2c(c1Cl)CN(c1nc(OC[C@@]34CCCN3CC(=C(F)F)C4)nc3c1CO[C@H](c1c(F)c(N)cc(Cl)c1C(F)(F)F)C3)CCC2. The Hall–Kier alpha value is -3.80. The summed E-state index contributed by atoms with van der Waals surface area (Å²) in [5, 5.41) is 3.91. The molecule has 4 aliphatic rings. The van der Waals surface area contributed by atoms with E-state index in [2.05, 4.69) is 10.1 Å². The lowest BCUT2D eigenvalue weighted by Gasteiger charge is -2.33. The van der Waals surface area contributed by atoms with E-state index < -0.39 is 51.6 Å². The summed E-state index contributed by atoms with van der Waals surface area (Å²) in [5.41, 5.74) is 3.57. The maximum atomic E-state index is 15.5. The highest BCUT2D eigenvalue weighted by molar-refractivity contribution is 6.34. The van der Waals surface area contributed by atoms with E-state index in [4.69, 9.17) is 43.4 Å². The number of fused-ring (bicyclic) bond motifs is 3. The Morgan fingerprint density at radius 3 is 2.66 bits per heavy atom. The second kappa shape index (κ2) is 14.1. The van der Waals surface area contributed by atoms with Crippen LogP contribution in [0.4, 0.5) is 37.8 Å². The molecule has 286 valence electrons. The molecular weight excluding hydrogens is 753 g/mol. The smallest absolute Gasteiger partial charge is 0.418 e. The summed E-state index contributed by atoms with van der Waals surface area (Å²) in [6.07, 6.45) is -6.50. The minimum atomic E-state index is -5.03. The number of nitrogen functional groups attached to an aromatic ring is 1. The second-order valence-corrected chi connectivity index (χ2v) is 14.6. The van der Waals surface area contributed by atoms with Crippen LogP contribution in [0.1, 0.15) is 77.3 Å². The Balaban J connectivity index is 1.28. The number of nitrogens with zero attached hydrogens (tertiary/aromatic N) is 7. The van der Waals surface area contributed by atoms with Gasteiger partial charge < -0.3 is 25.0 Å². The van der Waals surface area contributed by atoms with Gasteiger partial charge in [0.15, 0.2) is 11.5 Å². The van der Waals surface area contributed by atoms with E-state index in [0.717, 1.165) is 6.42 Å². The van der Waals surface area contributed by atoms with Crippen LogP contribution in [-0.4, -0.2) is 80.8 Å². The summed E-state index contributed by atoms with van der Waals surface area (Å²) >= 11 is 12.8. The third-order valence-corrected chi connectivity index (χ3v) is 11.3. The predicted molar refractivity (Wildman–Crippen MR) is 183 cm³/mol. The molecule has 4 aliphatic heterocycles. The Kier molecular flexibility index (Phi) is 10.00. The van der Waals surface area contributed by atoms with Crippen LogP contribution in [0, 0.1) is 5.82 Å². The first kappa shape index (κ1) is 37.5. The van der Waals surface area contributed by atoms with Gasteiger partial charge in [-0.3, -0.25) is 14.4 Å². The van der Waals surface area contributed by atoms with Gasteiger partial charge in [-0.05, 0) is 45.2 Å². The van der Waals surface area contributed by atoms with Gasteiger partial charge in [0.2, 0.25) is 0 Å². The summed E-state index contributed by atoms with van der Waals surface area (Å²) < 4.78 is 99.5. The summed E-state index contributed by atoms with van der Waals surface area (Å²) in [6, 6.07) is 0.579. The molecule has 0 unspecified atom stereocenters. The fourth-order valence-corrected chi connectivity index (χ4v) is 8.39. The Labute approximate surface area is 310 Å². The average molecular weight is 790 g/mol. The van der Waals surface area contributed by atoms with Gasteiger partial charge in [-0.1, -0.05) is 23.2 Å². The highest BCUT2D eigenvalue weighted by Gasteiger charge is 2.49. The molecule has 1 amide bonds. The van der Waals surface area contributed by atoms with Crippen LogP contribution in [0.2, 0.25) is 10.0 Å². The molecule has 0 radical (unpaired) electrons. The number of alkyl halides is 3. The Morgan fingerprint density at radius 1 is 1.17 bits per heavy atom. The standard InChI is InChI=1S/C34H36Cl2F6N8O3/c1-3-47(2)31(51)28-26(36)22-14-48(7-5-9-50(22)46-28)30-18-15-52-23(24-25(34(40,41)42)19(35)10-20(43)27(24)37)11-21(18)44-32(45-30)53-16-33-6-4-8-49(33)13-17(12-33)29(38)39/h10,23H,3-9,11-16,43H2,1-2H3/t23-,33-/m0/s1. The van der Waals surface area contributed by atoms with Crippen molar-refractivity contribution < 1.29 is 40.6 Å². The lowest BCUT2D eigenvalue weighted by atomic mass is 9.93. The number of benzene rings is 1. The Bertz CT molecular complexity index is 1990. The molecular formula is C34H36Cl2F6N8O3. The van der Waals surface area contributed by atoms with Gasteiger partial charge in [-0.15, -0.1) is 0 Å². The molecule has 6 heterocycles. The van der Waals surface area contributed by atoms with Crippen molar-refractivity contribution in [1.29, 1.82) is 0 Å². The molecule has 3 aromatic rings. The third kappa shape index (κ3) is 6.78. The zero-order chi connectivity index (χ0) is 38.0. The fourth-order valence-electron chi connectivity index (χ4n) is 7.79. The number of ether oxygens (including phenoxy) is 2. The number of amides is 1. The molecule has 7 rings (SSSR count). The van der Waals surface area contributed by atoms with Crippen molar-refractivity contribution in [1.82, 2.24) is 29.5 Å². The van der Waals surface area contributed by atoms with E-state index in [1.54, 1.807) is 11.7 Å². The van der Waals surface area contributed by atoms with E-state index in [-0.39, 0.29) is 73.0 Å². The quantitative estimate of drug-likeness (QED) is 0.204. The molecule has 1 aromatic carbocycles. The molecule has 0 spiro atoms. The molecule has 19 heteroatoms. The minimum absolute atomic E-state index is 0.0192. The van der Waals surface area contributed by atoms with E-state index >= 15 is 4.39 Å². The van der Waals surface area contributed by atoms with E-state index in [1.807, 2.05) is 16.7 Å². The number of carbonyl (C=O) groups is 1. The van der Waals surface area contributed by atoms with Crippen LogP contribution in [0.3, 0.4) is 0 Å². The summed E-state index contributed by atoms with van der Waals surface area (Å²) in [6.45, 7) is 3.66. The van der Waals surface area contributed by atoms with Gasteiger partial charge in [-0.25, -0.2) is 4.39 Å². The van der Waals surface area contributed by atoms with Crippen LogP contribution >= 0.6 is 23.2 Å². The van der Waals surface area contributed by atoms with Gasteiger partial charge >= 0.3 is 12.2 Å². The first-order valence-corrected chi connectivity index (χ1v) is 17.9. The normalized spacial score (nSPS) is 21.7. The fraction of sp³-hybridized carbons (Fsp3) is 0.529. The van der Waals surface area contributed by atoms with Crippen molar-refractivity contribution >= 4 is 40.6 Å². The van der Waals surface area contributed by atoms with Crippen molar-refractivity contribution in [2.24, 2.45) is 0 Å². The van der Waals surface area contributed by atoms with E-state index in [1.165, 1.54) is 4.90 Å². The zero-order valence-electron chi connectivity index (χ0n) is 28.8. The molecule has 2 atom stereocenters. The topological polar surface area (TPSA) is 115 Å². The first-order valence-electron chi connectivity index (χ1n) is 17.1. The molecule has 2 aromatic heterocycles. The summed E-state index contributed by atoms with van der Waals surface area (Å²) in [4.78, 5) is 27.7.